The Bertz CT molecular complexity index is 1190. The Morgan fingerprint density at radius 3 is 2.76 bits per heavy atom. The van der Waals surface area contributed by atoms with Gasteiger partial charge in [0.15, 0.2) is 6.29 Å². The summed E-state index contributed by atoms with van der Waals surface area (Å²) in [5, 5.41) is 14.7. The second-order valence-corrected chi connectivity index (χ2v) is 10.7. The molecule has 0 spiro atoms. The summed E-state index contributed by atoms with van der Waals surface area (Å²) in [5.41, 5.74) is 1.03. The molecule has 7 nitrogen and oxygen atoms in total. The van der Waals surface area contributed by atoms with Gasteiger partial charge in [-0.2, -0.15) is 10.4 Å². The van der Waals surface area contributed by atoms with Crippen LogP contribution in [0, 0.1) is 14.9 Å². The van der Waals surface area contributed by atoms with Gasteiger partial charge in [-0.05, 0) is 40.8 Å². The molecule has 5 rings (SSSR count). The standard InChI is InChI=1S/C24H21ClIN3O4S/c1-30-22-20(29-12-17(26)11-28-29)21-18(13-31-23(33-21)14-5-3-2-4-6-14)32-24(22)34-19-9-16(25)8-7-15(19)10-27/h2-9,11-12,18,20-24H,13H2,1H3/t18?,20?,21-,22?,23?,24+/m0/s1. The minimum Gasteiger partial charge on any atom is -0.375 e. The van der Waals surface area contributed by atoms with E-state index in [4.69, 9.17) is 30.5 Å². The Morgan fingerprint density at radius 1 is 1.24 bits per heavy atom. The van der Waals surface area contributed by atoms with Crippen molar-refractivity contribution in [2.75, 3.05) is 13.7 Å². The van der Waals surface area contributed by atoms with Crippen LogP contribution in [0.4, 0.5) is 0 Å². The Hall–Kier alpha value is -1.65. The van der Waals surface area contributed by atoms with Crippen molar-refractivity contribution in [1.82, 2.24) is 9.78 Å². The molecule has 3 aromatic rings. The van der Waals surface area contributed by atoms with Crippen LogP contribution >= 0.6 is 46.0 Å². The normalized spacial score (nSPS) is 28.8. The molecule has 0 bridgehead atoms. The summed E-state index contributed by atoms with van der Waals surface area (Å²) < 4.78 is 27.9. The van der Waals surface area contributed by atoms with Gasteiger partial charge in [0.2, 0.25) is 0 Å². The van der Waals surface area contributed by atoms with E-state index in [0.717, 1.165) is 14.0 Å². The van der Waals surface area contributed by atoms with Gasteiger partial charge in [-0.15, -0.1) is 0 Å². The number of hydrogen-bond acceptors (Lipinski definition) is 7. The molecule has 2 aromatic carbocycles. The summed E-state index contributed by atoms with van der Waals surface area (Å²) in [5.74, 6) is 0. The van der Waals surface area contributed by atoms with Crippen LogP contribution in [0.15, 0.2) is 65.8 Å². The van der Waals surface area contributed by atoms with E-state index in [-0.39, 0.29) is 18.2 Å². The molecule has 2 aliphatic rings. The Balaban J connectivity index is 1.49. The fourth-order valence-electron chi connectivity index (χ4n) is 4.28. The predicted molar refractivity (Wildman–Crippen MR) is 135 cm³/mol. The first-order valence-corrected chi connectivity index (χ1v) is 13.0. The minimum absolute atomic E-state index is 0.274. The number of aromatic nitrogens is 2. The van der Waals surface area contributed by atoms with Gasteiger partial charge in [0, 0.05) is 28.8 Å². The third-order valence-electron chi connectivity index (χ3n) is 5.84. The van der Waals surface area contributed by atoms with Crippen LogP contribution in [-0.4, -0.2) is 47.2 Å². The highest BCUT2D eigenvalue weighted by molar-refractivity contribution is 14.1. The molecule has 0 N–H and O–H groups in total. The van der Waals surface area contributed by atoms with E-state index >= 15 is 0 Å². The number of benzene rings is 2. The lowest BCUT2D eigenvalue weighted by Crippen LogP contribution is -2.59. The number of nitrogens with zero attached hydrogens (tertiary/aromatic N) is 3. The van der Waals surface area contributed by atoms with Crippen molar-refractivity contribution in [3.63, 3.8) is 0 Å². The number of hydrogen-bond donors (Lipinski definition) is 0. The van der Waals surface area contributed by atoms with E-state index in [9.17, 15) is 5.26 Å². The molecule has 176 valence electrons. The van der Waals surface area contributed by atoms with Crippen LogP contribution < -0.4 is 0 Å². The maximum Gasteiger partial charge on any atom is 0.184 e. The van der Waals surface area contributed by atoms with Crippen molar-refractivity contribution in [2.45, 2.75) is 41.0 Å². The van der Waals surface area contributed by atoms with E-state index < -0.39 is 17.8 Å². The summed E-state index contributed by atoms with van der Waals surface area (Å²) in [6.45, 7) is 0.354. The molecule has 2 fully saturated rings. The van der Waals surface area contributed by atoms with Gasteiger partial charge in [-0.1, -0.05) is 53.7 Å². The summed E-state index contributed by atoms with van der Waals surface area (Å²) in [6.07, 6.45) is 2.15. The SMILES string of the molecule is COC1C(n2cc(I)cn2)[C@H]2OC(c3ccccc3)OCC2O[C@@H]1Sc1cc(Cl)ccc1C#N. The lowest BCUT2D eigenvalue weighted by molar-refractivity contribution is -0.308. The van der Waals surface area contributed by atoms with Crippen molar-refractivity contribution >= 4 is 46.0 Å². The van der Waals surface area contributed by atoms with Crippen LogP contribution in [0.2, 0.25) is 5.02 Å². The zero-order chi connectivity index (χ0) is 23.7. The summed E-state index contributed by atoms with van der Waals surface area (Å²) in [4.78, 5) is 0.731. The van der Waals surface area contributed by atoms with Crippen molar-refractivity contribution in [1.29, 1.82) is 5.26 Å². The number of rotatable bonds is 5. The molecule has 0 amide bonds. The first-order valence-electron chi connectivity index (χ1n) is 10.6. The second kappa shape index (κ2) is 10.5. The Labute approximate surface area is 220 Å². The van der Waals surface area contributed by atoms with Crippen LogP contribution in [0.5, 0.6) is 0 Å². The smallest absolute Gasteiger partial charge is 0.184 e. The second-order valence-electron chi connectivity index (χ2n) is 7.92. The molecule has 2 aliphatic heterocycles. The fraction of sp³-hybridized carbons (Fsp3) is 0.333. The Morgan fingerprint density at radius 2 is 2.06 bits per heavy atom. The van der Waals surface area contributed by atoms with Crippen molar-refractivity contribution in [3.05, 3.63) is 80.6 Å². The molecule has 0 saturated carbocycles. The van der Waals surface area contributed by atoms with Gasteiger partial charge in [0.25, 0.3) is 0 Å². The van der Waals surface area contributed by atoms with Gasteiger partial charge < -0.3 is 18.9 Å². The van der Waals surface area contributed by atoms with E-state index in [1.807, 2.05) is 41.2 Å². The molecule has 2 saturated heterocycles. The number of halogens is 2. The van der Waals surface area contributed by atoms with Crippen LogP contribution in [0.3, 0.4) is 0 Å². The molecule has 10 heteroatoms. The zero-order valence-electron chi connectivity index (χ0n) is 18.1. The maximum absolute atomic E-state index is 9.59. The number of thioether (sulfide) groups is 1. The quantitative estimate of drug-likeness (QED) is 0.368. The summed E-state index contributed by atoms with van der Waals surface area (Å²) in [6, 6.07) is 17.0. The van der Waals surface area contributed by atoms with E-state index in [2.05, 4.69) is 33.8 Å². The average molecular weight is 610 g/mol. The largest absolute Gasteiger partial charge is 0.375 e. The number of methoxy groups -OCH3 is 1. The van der Waals surface area contributed by atoms with Gasteiger partial charge in [0.1, 0.15) is 35.9 Å². The fourth-order valence-corrected chi connectivity index (χ4v) is 6.22. The minimum atomic E-state index is -0.511. The topological polar surface area (TPSA) is 78.5 Å². The summed E-state index contributed by atoms with van der Waals surface area (Å²) >= 11 is 9.87. The molecule has 1 aromatic heterocycles. The average Bonchev–Trinajstić information content (AvgIpc) is 3.29. The van der Waals surface area contributed by atoms with Gasteiger partial charge >= 0.3 is 0 Å². The molecule has 4 unspecified atom stereocenters. The first-order chi connectivity index (χ1) is 16.6. The number of nitriles is 1. The van der Waals surface area contributed by atoms with Crippen LogP contribution in [-0.2, 0) is 18.9 Å². The van der Waals surface area contributed by atoms with Crippen LogP contribution in [0.1, 0.15) is 23.5 Å². The van der Waals surface area contributed by atoms with Gasteiger partial charge in [0.05, 0.1) is 21.9 Å². The maximum atomic E-state index is 9.59. The molecule has 0 radical (unpaired) electrons. The van der Waals surface area contributed by atoms with Crippen molar-refractivity contribution < 1.29 is 18.9 Å². The van der Waals surface area contributed by atoms with Gasteiger partial charge in [-0.25, -0.2) is 0 Å². The summed E-state index contributed by atoms with van der Waals surface area (Å²) in [7, 11) is 1.65. The predicted octanol–water partition coefficient (Wildman–Crippen LogP) is 5.20. The van der Waals surface area contributed by atoms with E-state index in [1.165, 1.54) is 11.8 Å². The lowest BCUT2D eigenvalue weighted by Gasteiger charge is -2.49. The molecule has 3 heterocycles. The molecule has 34 heavy (non-hydrogen) atoms. The first kappa shape index (κ1) is 24.1. The van der Waals surface area contributed by atoms with Crippen LogP contribution in [0.25, 0.3) is 0 Å². The molecular formula is C24H21ClIN3O4S. The lowest BCUT2D eigenvalue weighted by atomic mass is 9.96. The zero-order valence-corrected chi connectivity index (χ0v) is 21.8. The molecule has 6 atom stereocenters. The van der Waals surface area contributed by atoms with Crippen molar-refractivity contribution in [3.8, 4) is 6.07 Å². The number of fused-ring (bicyclic) bond motifs is 1. The van der Waals surface area contributed by atoms with Crippen molar-refractivity contribution in [2.24, 2.45) is 0 Å². The number of ether oxygens (including phenoxy) is 4. The monoisotopic (exact) mass is 609 g/mol. The van der Waals surface area contributed by atoms with E-state index in [0.29, 0.717) is 17.2 Å². The van der Waals surface area contributed by atoms with E-state index in [1.54, 1.807) is 31.5 Å². The highest BCUT2D eigenvalue weighted by atomic mass is 127. The van der Waals surface area contributed by atoms with Gasteiger partial charge in [-0.3, -0.25) is 4.68 Å². The third-order valence-corrected chi connectivity index (χ3v) is 7.83. The third kappa shape index (κ3) is 4.86. The molecule has 0 aliphatic carbocycles. The highest BCUT2D eigenvalue weighted by Crippen LogP contribution is 2.45. The Kier molecular flexibility index (Phi) is 7.46. The molecular weight excluding hydrogens is 589 g/mol. The highest BCUT2D eigenvalue weighted by Gasteiger charge is 2.51.